The molecule has 0 spiro atoms. The van der Waals surface area contributed by atoms with Crippen LogP contribution in [0, 0.1) is 5.92 Å². The zero-order valence-corrected chi connectivity index (χ0v) is 10.0. The standard InChI is InChI=1S/C14H19NO2/c15-12-3-1-2-11(12)6-4-10-5-7-13-14(8-10)17-9-16-13/h5,7-8,11-12H,1-4,6,9,15H2. The van der Waals surface area contributed by atoms with Gasteiger partial charge < -0.3 is 15.2 Å². The average molecular weight is 233 g/mol. The maximum atomic E-state index is 6.09. The van der Waals surface area contributed by atoms with Crippen LogP contribution in [-0.2, 0) is 6.42 Å². The van der Waals surface area contributed by atoms with Crippen LogP contribution < -0.4 is 15.2 Å². The lowest BCUT2D eigenvalue weighted by Gasteiger charge is -2.14. The second kappa shape index (κ2) is 4.57. The highest BCUT2D eigenvalue weighted by Gasteiger charge is 2.23. The first-order chi connectivity index (χ1) is 8.33. The van der Waals surface area contributed by atoms with Crippen LogP contribution in [0.3, 0.4) is 0 Å². The minimum absolute atomic E-state index is 0.353. The monoisotopic (exact) mass is 233 g/mol. The van der Waals surface area contributed by atoms with Crippen molar-refractivity contribution in [2.24, 2.45) is 11.7 Å². The fourth-order valence-corrected chi connectivity index (χ4v) is 2.87. The number of nitrogens with two attached hydrogens (primary N) is 1. The van der Waals surface area contributed by atoms with Gasteiger partial charge in [0.25, 0.3) is 0 Å². The lowest BCUT2D eigenvalue weighted by Crippen LogP contribution is -2.24. The highest BCUT2D eigenvalue weighted by Crippen LogP contribution is 2.34. The summed E-state index contributed by atoms with van der Waals surface area (Å²) in [4.78, 5) is 0. The van der Waals surface area contributed by atoms with Crippen molar-refractivity contribution in [2.75, 3.05) is 6.79 Å². The summed E-state index contributed by atoms with van der Waals surface area (Å²) in [5.41, 5.74) is 7.42. The molecule has 2 aliphatic rings. The molecule has 0 radical (unpaired) electrons. The fraction of sp³-hybridized carbons (Fsp3) is 0.571. The summed E-state index contributed by atoms with van der Waals surface area (Å²) in [6.07, 6.45) is 6.08. The molecule has 3 nitrogen and oxygen atoms in total. The van der Waals surface area contributed by atoms with Crippen LogP contribution in [0.5, 0.6) is 11.5 Å². The summed E-state index contributed by atoms with van der Waals surface area (Å²) >= 11 is 0. The van der Waals surface area contributed by atoms with Crippen LogP contribution in [0.2, 0.25) is 0 Å². The molecule has 1 saturated carbocycles. The Balaban J connectivity index is 1.61. The van der Waals surface area contributed by atoms with Gasteiger partial charge in [0.2, 0.25) is 6.79 Å². The summed E-state index contributed by atoms with van der Waals surface area (Å²) in [7, 11) is 0. The lowest BCUT2D eigenvalue weighted by atomic mass is 9.95. The van der Waals surface area contributed by atoms with Crippen molar-refractivity contribution in [1.29, 1.82) is 0 Å². The molecule has 1 aromatic carbocycles. The topological polar surface area (TPSA) is 44.5 Å². The van der Waals surface area contributed by atoms with Crippen molar-refractivity contribution in [2.45, 2.75) is 38.1 Å². The Labute approximate surface area is 102 Å². The molecule has 0 bridgehead atoms. The van der Waals surface area contributed by atoms with Gasteiger partial charge >= 0.3 is 0 Å². The maximum absolute atomic E-state index is 6.09. The Morgan fingerprint density at radius 2 is 2.06 bits per heavy atom. The number of aryl methyl sites for hydroxylation is 1. The Kier molecular flexibility index (Phi) is 2.93. The third-order valence-electron chi connectivity index (χ3n) is 3.96. The zero-order valence-electron chi connectivity index (χ0n) is 10.0. The van der Waals surface area contributed by atoms with Gasteiger partial charge in [-0.15, -0.1) is 0 Å². The van der Waals surface area contributed by atoms with E-state index in [9.17, 15) is 0 Å². The van der Waals surface area contributed by atoms with Gasteiger partial charge in [-0.3, -0.25) is 0 Å². The molecule has 1 aliphatic carbocycles. The molecular formula is C14H19NO2. The molecule has 2 unspecified atom stereocenters. The average Bonchev–Trinajstić information content (AvgIpc) is 2.94. The molecule has 2 N–H and O–H groups in total. The van der Waals surface area contributed by atoms with Crippen molar-refractivity contribution in [3.63, 3.8) is 0 Å². The van der Waals surface area contributed by atoms with Crippen molar-refractivity contribution in [3.8, 4) is 11.5 Å². The van der Waals surface area contributed by atoms with Crippen LogP contribution >= 0.6 is 0 Å². The van der Waals surface area contributed by atoms with Crippen molar-refractivity contribution < 1.29 is 9.47 Å². The Bertz CT molecular complexity index is 405. The number of hydrogen-bond acceptors (Lipinski definition) is 3. The van der Waals surface area contributed by atoms with Crippen molar-refractivity contribution in [1.82, 2.24) is 0 Å². The van der Waals surface area contributed by atoms with E-state index in [1.165, 1.54) is 31.2 Å². The Morgan fingerprint density at radius 3 is 2.88 bits per heavy atom. The minimum Gasteiger partial charge on any atom is -0.454 e. The molecule has 92 valence electrons. The van der Waals surface area contributed by atoms with Crippen LogP contribution in [0.25, 0.3) is 0 Å². The highest BCUT2D eigenvalue weighted by molar-refractivity contribution is 5.44. The second-order valence-electron chi connectivity index (χ2n) is 5.08. The highest BCUT2D eigenvalue weighted by atomic mass is 16.7. The molecular weight excluding hydrogens is 214 g/mol. The van der Waals surface area contributed by atoms with Crippen LogP contribution in [0.15, 0.2) is 18.2 Å². The van der Waals surface area contributed by atoms with Gasteiger partial charge in [-0.05, 0) is 49.3 Å². The number of fused-ring (bicyclic) bond motifs is 1. The van der Waals surface area contributed by atoms with Crippen LogP contribution in [-0.4, -0.2) is 12.8 Å². The molecule has 1 heterocycles. The first-order valence-corrected chi connectivity index (χ1v) is 6.47. The van der Waals surface area contributed by atoms with Gasteiger partial charge in [0.1, 0.15) is 0 Å². The minimum atomic E-state index is 0.353. The predicted molar refractivity (Wildman–Crippen MR) is 66.2 cm³/mol. The van der Waals surface area contributed by atoms with Crippen LogP contribution in [0.1, 0.15) is 31.2 Å². The third-order valence-corrected chi connectivity index (χ3v) is 3.96. The van der Waals surface area contributed by atoms with E-state index in [0.717, 1.165) is 17.9 Å². The van der Waals surface area contributed by atoms with E-state index in [2.05, 4.69) is 12.1 Å². The van der Waals surface area contributed by atoms with Gasteiger partial charge in [0.15, 0.2) is 11.5 Å². The van der Waals surface area contributed by atoms with Crippen molar-refractivity contribution in [3.05, 3.63) is 23.8 Å². The maximum Gasteiger partial charge on any atom is 0.231 e. The van der Waals surface area contributed by atoms with Gasteiger partial charge in [0.05, 0.1) is 0 Å². The number of ether oxygens (including phenoxy) is 2. The summed E-state index contributed by atoms with van der Waals surface area (Å²) in [6.45, 7) is 0.353. The van der Waals surface area contributed by atoms with E-state index in [0.29, 0.717) is 18.8 Å². The Hall–Kier alpha value is -1.22. The number of benzene rings is 1. The first-order valence-electron chi connectivity index (χ1n) is 6.47. The molecule has 0 amide bonds. The first kappa shape index (κ1) is 10.9. The molecule has 1 aliphatic heterocycles. The number of rotatable bonds is 3. The van der Waals surface area contributed by atoms with E-state index in [1.807, 2.05) is 6.07 Å². The molecule has 3 heteroatoms. The second-order valence-corrected chi connectivity index (χ2v) is 5.08. The van der Waals surface area contributed by atoms with E-state index in [1.54, 1.807) is 0 Å². The van der Waals surface area contributed by atoms with Crippen LogP contribution in [0.4, 0.5) is 0 Å². The quantitative estimate of drug-likeness (QED) is 0.872. The zero-order chi connectivity index (χ0) is 11.7. The smallest absolute Gasteiger partial charge is 0.231 e. The Morgan fingerprint density at radius 1 is 1.18 bits per heavy atom. The molecule has 0 saturated heterocycles. The van der Waals surface area contributed by atoms with E-state index < -0.39 is 0 Å². The van der Waals surface area contributed by atoms with Gasteiger partial charge in [-0.25, -0.2) is 0 Å². The van der Waals surface area contributed by atoms with Gasteiger partial charge in [-0.2, -0.15) is 0 Å². The summed E-state index contributed by atoms with van der Waals surface area (Å²) < 4.78 is 10.7. The van der Waals surface area contributed by atoms with Crippen molar-refractivity contribution >= 4 is 0 Å². The molecule has 1 aromatic rings. The lowest BCUT2D eigenvalue weighted by molar-refractivity contribution is 0.174. The summed E-state index contributed by atoms with van der Waals surface area (Å²) in [6, 6.07) is 6.66. The summed E-state index contributed by atoms with van der Waals surface area (Å²) in [5, 5.41) is 0. The SMILES string of the molecule is NC1CCCC1CCc1ccc2c(c1)OCO2. The van der Waals surface area contributed by atoms with E-state index in [4.69, 9.17) is 15.2 Å². The van der Waals surface area contributed by atoms with Gasteiger partial charge in [0, 0.05) is 6.04 Å². The normalized spacial score (nSPS) is 26.4. The predicted octanol–water partition coefficient (Wildman–Crippen LogP) is 2.48. The van der Waals surface area contributed by atoms with Gasteiger partial charge in [-0.1, -0.05) is 12.5 Å². The summed E-state index contributed by atoms with van der Waals surface area (Å²) in [5.74, 6) is 2.46. The van der Waals surface area contributed by atoms with E-state index >= 15 is 0 Å². The third kappa shape index (κ3) is 2.25. The largest absolute Gasteiger partial charge is 0.454 e. The fourth-order valence-electron chi connectivity index (χ4n) is 2.87. The number of hydrogen-bond donors (Lipinski definition) is 1. The molecule has 3 rings (SSSR count). The molecule has 17 heavy (non-hydrogen) atoms. The van der Waals surface area contributed by atoms with E-state index in [-0.39, 0.29) is 0 Å². The molecule has 1 fully saturated rings. The molecule has 0 aromatic heterocycles. The molecule has 2 atom stereocenters.